The first kappa shape index (κ1) is 28.7. The molecule has 1 heterocycles. The summed E-state index contributed by atoms with van der Waals surface area (Å²) in [5.74, 6) is -0.969. The molecule has 0 radical (unpaired) electrons. The number of fused-ring (bicyclic) bond motifs is 2. The minimum absolute atomic E-state index is 0.0184. The largest absolute Gasteiger partial charge is 0.479 e. The van der Waals surface area contributed by atoms with Gasteiger partial charge in [-0.3, -0.25) is 0 Å². The van der Waals surface area contributed by atoms with E-state index in [2.05, 4.69) is 44.0 Å². The predicted molar refractivity (Wildman–Crippen MR) is 152 cm³/mol. The van der Waals surface area contributed by atoms with E-state index in [9.17, 15) is 14.3 Å². The summed E-state index contributed by atoms with van der Waals surface area (Å²) >= 11 is 1.79. The Bertz CT molecular complexity index is 1200. The van der Waals surface area contributed by atoms with Crippen molar-refractivity contribution in [2.24, 2.45) is 11.3 Å². The molecule has 206 valence electrons. The molecule has 3 aromatic rings. The number of carboxylic acid groups (broad SMARTS) is 1. The zero-order chi connectivity index (χ0) is 27.3. The molecule has 2 unspecified atom stereocenters. The number of nitrogens with zero attached hydrogens (tertiary/aromatic N) is 2. The molecule has 1 aliphatic carbocycles. The monoisotopic (exact) mass is 540 g/mol. The maximum Gasteiger partial charge on any atom is 0.333 e. The molecule has 4 rings (SSSR count). The van der Waals surface area contributed by atoms with Crippen LogP contribution in [0.3, 0.4) is 0 Å². The number of halogens is 1. The summed E-state index contributed by atoms with van der Waals surface area (Å²) in [6.07, 6.45) is 5.51. The van der Waals surface area contributed by atoms with Gasteiger partial charge < -0.3 is 14.7 Å². The molecule has 38 heavy (non-hydrogen) atoms. The number of ether oxygens (including phenoxy) is 1. The van der Waals surface area contributed by atoms with Crippen LogP contribution < -0.4 is 0 Å². The number of thiazole rings is 1. The first-order valence-electron chi connectivity index (χ1n) is 13.8. The summed E-state index contributed by atoms with van der Waals surface area (Å²) in [7, 11) is 3.63. The van der Waals surface area contributed by atoms with Gasteiger partial charge in [-0.1, -0.05) is 38.5 Å². The van der Waals surface area contributed by atoms with Crippen LogP contribution in [0.15, 0.2) is 42.5 Å². The Kier molecular flexibility index (Phi) is 9.55. The number of aliphatic carboxylic acids is 1. The second-order valence-electron chi connectivity index (χ2n) is 11.2. The topological polar surface area (TPSA) is 62.7 Å². The van der Waals surface area contributed by atoms with Gasteiger partial charge in [0.05, 0.1) is 15.2 Å². The molecule has 0 amide bonds. The SMILES string of the molecule is CO[C@H](C(=O)O)C1(CCN(C)CCCCCc2nc3ccccc3s2)CCc2cc(F)ccc2C1C(C)C. The number of aryl methyl sites for hydroxylation is 2. The summed E-state index contributed by atoms with van der Waals surface area (Å²) in [5, 5.41) is 11.4. The average Bonchev–Trinajstić information content (AvgIpc) is 3.30. The Morgan fingerprint density at radius 2 is 2.00 bits per heavy atom. The van der Waals surface area contributed by atoms with Crippen molar-refractivity contribution in [1.82, 2.24) is 9.88 Å². The van der Waals surface area contributed by atoms with Gasteiger partial charge >= 0.3 is 5.97 Å². The third-order valence-electron chi connectivity index (χ3n) is 8.30. The van der Waals surface area contributed by atoms with Gasteiger partial charge in [-0.15, -0.1) is 11.3 Å². The number of methoxy groups -OCH3 is 1. The summed E-state index contributed by atoms with van der Waals surface area (Å²) in [6.45, 7) is 6.04. The summed E-state index contributed by atoms with van der Waals surface area (Å²) in [4.78, 5) is 19.5. The fourth-order valence-electron chi connectivity index (χ4n) is 6.61. The molecule has 2 aromatic carbocycles. The Morgan fingerprint density at radius 1 is 1.21 bits per heavy atom. The van der Waals surface area contributed by atoms with E-state index in [-0.39, 0.29) is 17.7 Å². The van der Waals surface area contributed by atoms with E-state index in [1.165, 1.54) is 22.9 Å². The van der Waals surface area contributed by atoms with Gasteiger partial charge in [0.2, 0.25) is 0 Å². The van der Waals surface area contributed by atoms with Gasteiger partial charge in [0, 0.05) is 12.5 Å². The maximum absolute atomic E-state index is 14.0. The van der Waals surface area contributed by atoms with Crippen LogP contribution in [-0.4, -0.2) is 54.3 Å². The van der Waals surface area contributed by atoms with Crippen molar-refractivity contribution in [3.8, 4) is 0 Å². The lowest BCUT2D eigenvalue weighted by molar-refractivity contribution is -0.162. The molecule has 0 saturated heterocycles. The van der Waals surface area contributed by atoms with E-state index < -0.39 is 17.5 Å². The third-order valence-corrected chi connectivity index (χ3v) is 9.39. The van der Waals surface area contributed by atoms with Gasteiger partial charge in [-0.2, -0.15) is 0 Å². The molecular formula is C31H41FN2O3S. The van der Waals surface area contributed by atoms with Gasteiger partial charge in [0.1, 0.15) is 5.82 Å². The minimum atomic E-state index is -0.916. The Hall–Kier alpha value is -2.35. The molecule has 0 aliphatic heterocycles. The standard InChI is InChI=1S/C31H41FN2O3S/c1-21(2)28-24-14-13-23(32)20-22(24)15-16-31(28,29(37-4)30(35)36)17-19-34(3)18-9-5-6-12-27-33-25-10-7-8-11-26(25)38-27/h7-8,10-11,13-14,20-21,28-29H,5-6,9,12,15-19H2,1-4H3,(H,35,36)/t28?,29-,31?/m1/s1. The van der Waals surface area contributed by atoms with Gasteiger partial charge in [-0.25, -0.2) is 14.2 Å². The minimum Gasteiger partial charge on any atom is -0.479 e. The summed E-state index contributed by atoms with van der Waals surface area (Å²) in [5.41, 5.74) is 2.61. The molecule has 0 spiro atoms. The lowest BCUT2D eigenvalue weighted by Crippen LogP contribution is -2.51. The highest BCUT2D eigenvalue weighted by atomic mass is 32.1. The average molecular weight is 541 g/mol. The van der Waals surface area contributed by atoms with Crippen LogP contribution in [-0.2, 0) is 22.4 Å². The third kappa shape index (κ3) is 6.27. The van der Waals surface area contributed by atoms with Crippen LogP contribution in [0.4, 0.5) is 4.39 Å². The summed E-state index contributed by atoms with van der Waals surface area (Å²) in [6, 6.07) is 13.3. The van der Waals surface area contributed by atoms with E-state index in [0.717, 1.165) is 61.8 Å². The Morgan fingerprint density at radius 3 is 2.71 bits per heavy atom. The normalized spacial score (nSPS) is 20.2. The van der Waals surface area contributed by atoms with Crippen molar-refractivity contribution in [1.29, 1.82) is 0 Å². The fraction of sp³-hybridized carbons (Fsp3) is 0.548. The van der Waals surface area contributed by atoms with Crippen LogP contribution >= 0.6 is 11.3 Å². The van der Waals surface area contributed by atoms with E-state index in [1.54, 1.807) is 17.4 Å². The zero-order valence-electron chi connectivity index (χ0n) is 23.1. The molecule has 1 N–H and O–H groups in total. The number of carbonyl (C=O) groups is 1. The van der Waals surface area contributed by atoms with Crippen molar-refractivity contribution in [3.05, 3.63) is 64.4 Å². The van der Waals surface area contributed by atoms with Crippen molar-refractivity contribution in [2.75, 3.05) is 27.2 Å². The van der Waals surface area contributed by atoms with Gasteiger partial charge in [0.25, 0.3) is 0 Å². The highest BCUT2D eigenvalue weighted by molar-refractivity contribution is 7.18. The van der Waals surface area contributed by atoms with E-state index in [1.807, 2.05) is 12.1 Å². The first-order valence-corrected chi connectivity index (χ1v) is 14.6. The fourth-order valence-corrected chi connectivity index (χ4v) is 7.62. The number of aromatic nitrogens is 1. The Labute approximate surface area is 230 Å². The van der Waals surface area contributed by atoms with E-state index in [4.69, 9.17) is 9.72 Å². The van der Waals surface area contributed by atoms with Crippen molar-refractivity contribution in [3.63, 3.8) is 0 Å². The highest BCUT2D eigenvalue weighted by Gasteiger charge is 2.52. The van der Waals surface area contributed by atoms with Crippen molar-refractivity contribution in [2.45, 2.75) is 70.8 Å². The number of para-hydroxylation sites is 1. The molecule has 0 bridgehead atoms. The zero-order valence-corrected chi connectivity index (χ0v) is 23.9. The number of hydrogen-bond donors (Lipinski definition) is 1. The van der Waals surface area contributed by atoms with Gasteiger partial charge in [0.15, 0.2) is 6.10 Å². The Balaban J connectivity index is 1.37. The van der Waals surface area contributed by atoms with Gasteiger partial charge in [-0.05, 0) is 106 Å². The van der Waals surface area contributed by atoms with E-state index >= 15 is 0 Å². The number of carboxylic acids is 1. The second-order valence-corrected chi connectivity index (χ2v) is 12.3. The quantitative estimate of drug-likeness (QED) is 0.238. The molecule has 3 atom stereocenters. The number of benzene rings is 2. The predicted octanol–water partition coefficient (Wildman–Crippen LogP) is 6.94. The van der Waals surface area contributed by atoms with Crippen LogP contribution in [0.2, 0.25) is 0 Å². The van der Waals surface area contributed by atoms with Crippen LogP contribution in [0, 0.1) is 17.2 Å². The lowest BCUT2D eigenvalue weighted by Gasteiger charge is -2.50. The lowest BCUT2D eigenvalue weighted by atomic mass is 9.56. The number of hydrogen-bond acceptors (Lipinski definition) is 5. The smallest absolute Gasteiger partial charge is 0.333 e. The molecular weight excluding hydrogens is 499 g/mol. The molecule has 0 fully saturated rings. The molecule has 5 nitrogen and oxygen atoms in total. The highest BCUT2D eigenvalue weighted by Crippen LogP contribution is 2.54. The molecule has 1 aliphatic rings. The van der Waals surface area contributed by atoms with Crippen molar-refractivity contribution >= 4 is 27.5 Å². The summed E-state index contributed by atoms with van der Waals surface area (Å²) < 4.78 is 21.0. The molecule has 0 saturated carbocycles. The maximum atomic E-state index is 14.0. The number of rotatable bonds is 13. The van der Waals surface area contributed by atoms with Crippen LogP contribution in [0.25, 0.3) is 10.2 Å². The molecule has 7 heteroatoms. The van der Waals surface area contributed by atoms with Crippen LogP contribution in [0.1, 0.15) is 68.0 Å². The second kappa shape index (κ2) is 12.7. The van der Waals surface area contributed by atoms with Crippen LogP contribution in [0.5, 0.6) is 0 Å². The first-order chi connectivity index (χ1) is 18.2. The molecule has 1 aromatic heterocycles. The van der Waals surface area contributed by atoms with E-state index in [0.29, 0.717) is 12.8 Å². The number of unbranched alkanes of at least 4 members (excludes halogenated alkanes) is 2. The van der Waals surface area contributed by atoms with Crippen molar-refractivity contribution < 1.29 is 19.0 Å².